The molecule has 0 aliphatic heterocycles. The smallest absolute Gasteiger partial charge is 0.307 e. The molecule has 2 rings (SSSR count). The number of hydrogen-bond acceptors (Lipinski definition) is 3. The van der Waals surface area contributed by atoms with Gasteiger partial charge in [-0.3, -0.25) is 4.79 Å². The molecule has 19 heavy (non-hydrogen) atoms. The van der Waals surface area contributed by atoms with Gasteiger partial charge in [-0.1, -0.05) is 13.8 Å². The van der Waals surface area contributed by atoms with Gasteiger partial charge < -0.3 is 14.6 Å². The van der Waals surface area contributed by atoms with Crippen molar-refractivity contribution in [1.29, 1.82) is 0 Å². The summed E-state index contributed by atoms with van der Waals surface area (Å²) in [6, 6.07) is 3.81. The van der Waals surface area contributed by atoms with Crippen LogP contribution in [0.15, 0.2) is 12.1 Å². The standard InChI is InChI=1S/C15H20O4/c1-8-6-11(19-5)9(7-10(8)18-4)12-13(14(16)17)15(12,2)3/h6-7,12-13H,1-5H3,(H,16,17). The fraction of sp³-hybridized carbons (Fsp3) is 0.533. The first-order chi connectivity index (χ1) is 8.84. The van der Waals surface area contributed by atoms with Gasteiger partial charge in [0.15, 0.2) is 0 Å². The van der Waals surface area contributed by atoms with Gasteiger partial charge in [-0.2, -0.15) is 0 Å². The van der Waals surface area contributed by atoms with Crippen molar-refractivity contribution in [3.8, 4) is 11.5 Å². The van der Waals surface area contributed by atoms with Crippen molar-refractivity contribution < 1.29 is 19.4 Å². The van der Waals surface area contributed by atoms with Crippen LogP contribution in [0.1, 0.15) is 30.9 Å². The van der Waals surface area contributed by atoms with Gasteiger partial charge in [0.2, 0.25) is 0 Å². The molecule has 1 fully saturated rings. The minimum Gasteiger partial charge on any atom is -0.496 e. The minimum absolute atomic E-state index is 0.0329. The van der Waals surface area contributed by atoms with Crippen molar-refractivity contribution >= 4 is 5.97 Å². The predicted molar refractivity (Wildman–Crippen MR) is 71.9 cm³/mol. The van der Waals surface area contributed by atoms with Crippen LogP contribution in [0.25, 0.3) is 0 Å². The van der Waals surface area contributed by atoms with Crippen LogP contribution in [0.2, 0.25) is 0 Å². The normalized spacial score (nSPS) is 23.8. The summed E-state index contributed by atoms with van der Waals surface area (Å²) in [5.74, 6) is 0.350. The summed E-state index contributed by atoms with van der Waals surface area (Å²) in [6.07, 6.45) is 0. The van der Waals surface area contributed by atoms with Gasteiger partial charge in [0.25, 0.3) is 0 Å². The topological polar surface area (TPSA) is 55.8 Å². The molecular weight excluding hydrogens is 244 g/mol. The lowest BCUT2D eigenvalue weighted by Crippen LogP contribution is -2.03. The summed E-state index contributed by atoms with van der Waals surface area (Å²) < 4.78 is 10.7. The molecule has 0 spiro atoms. The van der Waals surface area contributed by atoms with Crippen LogP contribution in [-0.2, 0) is 4.79 Å². The molecule has 1 N–H and O–H groups in total. The molecule has 1 aromatic carbocycles. The summed E-state index contributed by atoms with van der Waals surface area (Å²) in [7, 11) is 3.22. The van der Waals surface area contributed by atoms with E-state index in [1.165, 1.54) is 0 Å². The van der Waals surface area contributed by atoms with Crippen molar-refractivity contribution in [2.75, 3.05) is 14.2 Å². The second kappa shape index (κ2) is 4.44. The lowest BCUT2D eigenvalue weighted by atomic mass is 10.00. The number of aliphatic carboxylic acids is 1. The third-order valence-corrected chi connectivity index (χ3v) is 4.18. The zero-order valence-corrected chi connectivity index (χ0v) is 12.0. The number of carbonyl (C=O) groups is 1. The third-order valence-electron chi connectivity index (χ3n) is 4.18. The average Bonchev–Trinajstić information content (AvgIpc) is 2.91. The van der Waals surface area contributed by atoms with Crippen molar-refractivity contribution in [3.05, 3.63) is 23.3 Å². The second-order valence-corrected chi connectivity index (χ2v) is 5.68. The maximum absolute atomic E-state index is 11.3. The number of ether oxygens (including phenoxy) is 2. The van der Waals surface area contributed by atoms with E-state index in [2.05, 4.69) is 0 Å². The summed E-state index contributed by atoms with van der Waals surface area (Å²) in [6.45, 7) is 5.89. The highest BCUT2D eigenvalue weighted by Crippen LogP contribution is 2.66. The van der Waals surface area contributed by atoms with Crippen LogP contribution in [0.3, 0.4) is 0 Å². The van der Waals surface area contributed by atoms with Crippen LogP contribution in [-0.4, -0.2) is 25.3 Å². The average molecular weight is 264 g/mol. The molecule has 0 aromatic heterocycles. The molecule has 0 radical (unpaired) electrons. The predicted octanol–water partition coefficient (Wildman–Crippen LogP) is 2.84. The number of rotatable bonds is 4. The molecular formula is C15H20O4. The van der Waals surface area contributed by atoms with Crippen molar-refractivity contribution in [2.45, 2.75) is 26.7 Å². The Morgan fingerprint density at radius 3 is 2.21 bits per heavy atom. The molecule has 0 amide bonds. The fourth-order valence-corrected chi connectivity index (χ4v) is 3.00. The molecule has 1 saturated carbocycles. The Balaban J connectivity index is 2.48. The summed E-state index contributed by atoms with van der Waals surface area (Å²) in [4.78, 5) is 11.3. The maximum Gasteiger partial charge on any atom is 0.307 e. The largest absolute Gasteiger partial charge is 0.496 e. The van der Waals surface area contributed by atoms with Gasteiger partial charge in [0.05, 0.1) is 20.1 Å². The quantitative estimate of drug-likeness (QED) is 0.908. The number of methoxy groups -OCH3 is 2. The van der Waals surface area contributed by atoms with E-state index in [0.29, 0.717) is 0 Å². The van der Waals surface area contributed by atoms with Gasteiger partial charge in [-0.25, -0.2) is 0 Å². The van der Waals surface area contributed by atoms with E-state index in [0.717, 1.165) is 22.6 Å². The molecule has 2 atom stereocenters. The molecule has 4 nitrogen and oxygen atoms in total. The number of aryl methyl sites for hydroxylation is 1. The van der Waals surface area contributed by atoms with Crippen LogP contribution in [0.4, 0.5) is 0 Å². The van der Waals surface area contributed by atoms with Crippen molar-refractivity contribution in [1.82, 2.24) is 0 Å². The van der Waals surface area contributed by atoms with E-state index in [-0.39, 0.29) is 17.3 Å². The summed E-state index contributed by atoms with van der Waals surface area (Å²) in [5, 5.41) is 9.29. The van der Waals surface area contributed by atoms with Gasteiger partial charge in [-0.15, -0.1) is 0 Å². The van der Waals surface area contributed by atoms with Gasteiger partial charge >= 0.3 is 5.97 Å². The number of carboxylic acids is 1. The number of carboxylic acid groups (broad SMARTS) is 1. The Morgan fingerprint density at radius 1 is 1.21 bits per heavy atom. The Morgan fingerprint density at radius 2 is 1.79 bits per heavy atom. The highest BCUT2D eigenvalue weighted by Gasteiger charge is 2.63. The monoisotopic (exact) mass is 264 g/mol. The Hall–Kier alpha value is -1.71. The highest BCUT2D eigenvalue weighted by molar-refractivity contribution is 5.78. The van der Waals surface area contributed by atoms with E-state index >= 15 is 0 Å². The molecule has 0 heterocycles. The molecule has 1 aromatic rings. The Bertz CT molecular complexity index is 519. The maximum atomic E-state index is 11.3. The zero-order valence-electron chi connectivity index (χ0n) is 12.0. The highest BCUT2D eigenvalue weighted by atomic mass is 16.5. The van der Waals surface area contributed by atoms with Crippen molar-refractivity contribution in [3.63, 3.8) is 0 Å². The molecule has 1 aliphatic rings. The Kier molecular flexibility index (Phi) is 3.20. The summed E-state index contributed by atoms with van der Waals surface area (Å²) in [5.41, 5.74) is 1.65. The fourth-order valence-electron chi connectivity index (χ4n) is 3.00. The van der Waals surface area contributed by atoms with Crippen molar-refractivity contribution in [2.24, 2.45) is 11.3 Å². The molecule has 2 unspecified atom stereocenters. The first-order valence-electron chi connectivity index (χ1n) is 6.30. The molecule has 0 bridgehead atoms. The number of hydrogen-bond donors (Lipinski definition) is 1. The lowest BCUT2D eigenvalue weighted by Gasteiger charge is -2.13. The van der Waals surface area contributed by atoms with Gasteiger partial charge in [-0.05, 0) is 30.0 Å². The van der Waals surface area contributed by atoms with E-state index < -0.39 is 5.97 Å². The number of benzene rings is 1. The van der Waals surface area contributed by atoms with Crippen LogP contribution < -0.4 is 9.47 Å². The first-order valence-corrected chi connectivity index (χ1v) is 6.30. The first kappa shape index (κ1) is 13.7. The molecule has 104 valence electrons. The molecule has 0 saturated heterocycles. The van der Waals surface area contributed by atoms with Crippen LogP contribution in [0.5, 0.6) is 11.5 Å². The van der Waals surface area contributed by atoms with Crippen LogP contribution in [0, 0.1) is 18.3 Å². The zero-order chi connectivity index (χ0) is 14.4. The molecule has 4 heteroatoms. The van der Waals surface area contributed by atoms with E-state index in [4.69, 9.17) is 9.47 Å². The minimum atomic E-state index is -0.753. The third kappa shape index (κ3) is 2.05. The van der Waals surface area contributed by atoms with Gasteiger partial charge in [0.1, 0.15) is 11.5 Å². The van der Waals surface area contributed by atoms with E-state index in [1.807, 2.05) is 32.9 Å². The lowest BCUT2D eigenvalue weighted by molar-refractivity contribution is -0.139. The SMILES string of the molecule is COc1cc(C2C(C(=O)O)C2(C)C)c(OC)cc1C. The van der Waals surface area contributed by atoms with E-state index in [9.17, 15) is 9.90 Å². The second-order valence-electron chi connectivity index (χ2n) is 5.68. The van der Waals surface area contributed by atoms with Gasteiger partial charge in [0, 0.05) is 11.5 Å². The molecule has 1 aliphatic carbocycles. The van der Waals surface area contributed by atoms with Crippen LogP contribution >= 0.6 is 0 Å². The Labute approximate surface area is 113 Å². The summed E-state index contributed by atoms with van der Waals surface area (Å²) >= 11 is 0. The van der Waals surface area contributed by atoms with E-state index in [1.54, 1.807) is 14.2 Å².